The van der Waals surface area contributed by atoms with Gasteiger partial charge in [-0.1, -0.05) is 0 Å². The van der Waals surface area contributed by atoms with E-state index in [1.807, 2.05) is 0 Å². The minimum atomic E-state index is -0.861. The Kier molecular flexibility index (Phi) is 5.29. The van der Waals surface area contributed by atoms with Crippen molar-refractivity contribution in [1.82, 2.24) is 4.90 Å². The first-order valence-electron chi connectivity index (χ1n) is 4.19. The van der Waals surface area contributed by atoms with Gasteiger partial charge in [-0.25, -0.2) is 4.79 Å². The fourth-order valence-corrected chi connectivity index (χ4v) is 1.29. The maximum Gasteiger partial charge on any atom is 0.334 e. The Morgan fingerprint density at radius 2 is 2.23 bits per heavy atom. The third kappa shape index (κ3) is 3.50. The second-order valence-corrected chi connectivity index (χ2v) is 3.29. The molecule has 4 nitrogen and oxygen atoms in total. The quantitative estimate of drug-likeness (QED) is 0.724. The Hall–Kier alpha value is -0.320. The van der Waals surface area contributed by atoms with E-state index in [-0.39, 0.29) is 12.4 Å². The first-order chi connectivity index (χ1) is 5.61. The van der Waals surface area contributed by atoms with Crippen LogP contribution >= 0.6 is 12.4 Å². The monoisotopic (exact) mass is 209 g/mol. The van der Waals surface area contributed by atoms with Crippen LogP contribution in [0.1, 0.15) is 13.8 Å². The third-order valence-corrected chi connectivity index (χ3v) is 2.10. The molecule has 0 saturated carbocycles. The number of carboxylic acids is 1. The Morgan fingerprint density at radius 3 is 2.69 bits per heavy atom. The summed E-state index contributed by atoms with van der Waals surface area (Å²) in [6.45, 7) is 5.98. The van der Waals surface area contributed by atoms with Crippen molar-refractivity contribution in [3.05, 3.63) is 0 Å². The van der Waals surface area contributed by atoms with E-state index >= 15 is 0 Å². The lowest BCUT2D eigenvalue weighted by atomic mass is 10.2. The number of ether oxygens (including phenoxy) is 1. The number of aliphatic carboxylic acids is 1. The molecule has 1 aliphatic heterocycles. The zero-order valence-electron chi connectivity index (χ0n) is 7.90. The molecular weight excluding hydrogens is 194 g/mol. The normalized spacial score (nSPS) is 24.1. The molecule has 0 spiro atoms. The van der Waals surface area contributed by atoms with Gasteiger partial charge in [0.25, 0.3) is 0 Å². The van der Waals surface area contributed by atoms with Gasteiger partial charge in [-0.15, -0.1) is 12.4 Å². The van der Waals surface area contributed by atoms with Crippen molar-refractivity contribution in [2.75, 3.05) is 19.7 Å². The highest BCUT2D eigenvalue weighted by Gasteiger charge is 2.26. The van der Waals surface area contributed by atoms with Gasteiger partial charge in [0, 0.05) is 19.1 Å². The molecule has 0 aromatic heterocycles. The SMILES string of the molecule is CC(C)N1CCOC(C(=O)O)C1.Cl. The molecule has 1 heterocycles. The fraction of sp³-hybridized carbons (Fsp3) is 0.875. The number of carbonyl (C=O) groups is 1. The molecule has 0 aliphatic carbocycles. The molecule has 1 saturated heterocycles. The van der Waals surface area contributed by atoms with Gasteiger partial charge < -0.3 is 9.84 Å². The molecule has 1 unspecified atom stereocenters. The Balaban J connectivity index is 0.00000144. The Bertz CT molecular complexity index is 175. The lowest BCUT2D eigenvalue weighted by molar-refractivity contribution is -0.156. The number of hydrogen-bond acceptors (Lipinski definition) is 3. The standard InChI is InChI=1S/C8H15NO3.ClH/c1-6(2)9-3-4-12-7(5-9)8(10)11;/h6-7H,3-5H2,1-2H3,(H,10,11);1H. The Morgan fingerprint density at radius 1 is 1.62 bits per heavy atom. The van der Waals surface area contributed by atoms with Gasteiger partial charge in [0.05, 0.1) is 6.61 Å². The second kappa shape index (κ2) is 5.42. The number of nitrogens with zero attached hydrogens (tertiary/aromatic N) is 1. The number of carboxylic acid groups (broad SMARTS) is 1. The van der Waals surface area contributed by atoms with Crippen LogP contribution in [-0.4, -0.2) is 47.8 Å². The van der Waals surface area contributed by atoms with E-state index in [2.05, 4.69) is 18.7 Å². The largest absolute Gasteiger partial charge is 0.479 e. The first kappa shape index (κ1) is 12.7. The summed E-state index contributed by atoms with van der Waals surface area (Å²) < 4.78 is 5.08. The van der Waals surface area contributed by atoms with Crippen LogP contribution in [0.4, 0.5) is 0 Å². The number of halogens is 1. The van der Waals surface area contributed by atoms with Crippen LogP contribution in [0.3, 0.4) is 0 Å². The van der Waals surface area contributed by atoms with Crippen LogP contribution in [0.5, 0.6) is 0 Å². The minimum absolute atomic E-state index is 0. The molecule has 13 heavy (non-hydrogen) atoms. The van der Waals surface area contributed by atoms with Crippen molar-refractivity contribution < 1.29 is 14.6 Å². The highest BCUT2D eigenvalue weighted by molar-refractivity contribution is 5.85. The molecule has 1 fully saturated rings. The van der Waals surface area contributed by atoms with Gasteiger partial charge in [-0.2, -0.15) is 0 Å². The number of rotatable bonds is 2. The van der Waals surface area contributed by atoms with E-state index in [9.17, 15) is 4.79 Å². The highest BCUT2D eigenvalue weighted by atomic mass is 35.5. The summed E-state index contributed by atoms with van der Waals surface area (Å²) in [6.07, 6.45) is -0.638. The fourth-order valence-electron chi connectivity index (χ4n) is 1.29. The molecule has 0 bridgehead atoms. The summed E-state index contributed by atoms with van der Waals surface area (Å²) >= 11 is 0. The van der Waals surface area contributed by atoms with E-state index in [1.54, 1.807) is 0 Å². The molecule has 78 valence electrons. The van der Waals surface area contributed by atoms with Gasteiger partial charge in [0.2, 0.25) is 0 Å². The third-order valence-electron chi connectivity index (χ3n) is 2.10. The topological polar surface area (TPSA) is 49.8 Å². The molecule has 1 aliphatic rings. The molecule has 0 aromatic carbocycles. The van der Waals surface area contributed by atoms with Gasteiger partial charge in [-0.3, -0.25) is 4.90 Å². The molecular formula is C8H16ClNO3. The van der Waals surface area contributed by atoms with Crippen molar-refractivity contribution in [2.24, 2.45) is 0 Å². The first-order valence-corrected chi connectivity index (χ1v) is 4.19. The predicted molar refractivity (Wildman–Crippen MR) is 51.3 cm³/mol. The van der Waals surface area contributed by atoms with Crippen molar-refractivity contribution in [1.29, 1.82) is 0 Å². The van der Waals surface area contributed by atoms with Crippen LogP contribution in [-0.2, 0) is 9.53 Å². The summed E-state index contributed by atoms with van der Waals surface area (Å²) in [6, 6.07) is 0.399. The summed E-state index contributed by atoms with van der Waals surface area (Å²) in [5.41, 5.74) is 0. The lowest BCUT2D eigenvalue weighted by Crippen LogP contribution is -2.48. The molecule has 0 amide bonds. The minimum Gasteiger partial charge on any atom is -0.479 e. The summed E-state index contributed by atoms with van der Waals surface area (Å²) in [7, 11) is 0. The molecule has 0 radical (unpaired) electrons. The highest BCUT2D eigenvalue weighted by Crippen LogP contribution is 2.08. The van der Waals surface area contributed by atoms with Gasteiger partial charge in [0.15, 0.2) is 6.10 Å². The molecule has 0 aromatic rings. The van der Waals surface area contributed by atoms with Crippen molar-refractivity contribution in [3.63, 3.8) is 0 Å². The summed E-state index contributed by atoms with van der Waals surface area (Å²) in [4.78, 5) is 12.7. The van der Waals surface area contributed by atoms with Crippen LogP contribution in [0.25, 0.3) is 0 Å². The van der Waals surface area contributed by atoms with Crippen LogP contribution in [0, 0.1) is 0 Å². The van der Waals surface area contributed by atoms with E-state index in [0.29, 0.717) is 19.2 Å². The average Bonchev–Trinajstić information content (AvgIpc) is 2.04. The summed E-state index contributed by atoms with van der Waals surface area (Å²) in [5.74, 6) is -0.861. The van der Waals surface area contributed by atoms with Crippen molar-refractivity contribution in [2.45, 2.75) is 26.0 Å². The number of morpholine rings is 1. The van der Waals surface area contributed by atoms with Gasteiger partial charge in [0.1, 0.15) is 0 Å². The lowest BCUT2D eigenvalue weighted by Gasteiger charge is -2.33. The van der Waals surface area contributed by atoms with Crippen LogP contribution < -0.4 is 0 Å². The second-order valence-electron chi connectivity index (χ2n) is 3.29. The molecule has 1 rings (SSSR count). The van der Waals surface area contributed by atoms with E-state index in [1.165, 1.54) is 0 Å². The van der Waals surface area contributed by atoms with Crippen molar-refractivity contribution >= 4 is 18.4 Å². The maximum atomic E-state index is 10.6. The molecule has 5 heteroatoms. The van der Waals surface area contributed by atoms with Gasteiger partial charge >= 0.3 is 5.97 Å². The van der Waals surface area contributed by atoms with Gasteiger partial charge in [-0.05, 0) is 13.8 Å². The van der Waals surface area contributed by atoms with E-state index < -0.39 is 12.1 Å². The maximum absolute atomic E-state index is 10.6. The molecule has 1 atom stereocenters. The predicted octanol–water partition coefficient (Wildman–Crippen LogP) is 0.602. The van der Waals surface area contributed by atoms with E-state index in [4.69, 9.17) is 9.84 Å². The smallest absolute Gasteiger partial charge is 0.334 e. The van der Waals surface area contributed by atoms with Crippen molar-refractivity contribution in [3.8, 4) is 0 Å². The zero-order chi connectivity index (χ0) is 9.14. The van der Waals surface area contributed by atoms with Crippen LogP contribution in [0.2, 0.25) is 0 Å². The van der Waals surface area contributed by atoms with Crippen LogP contribution in [0.15, 0.2) is 0 Å². The zero-order valence-corrected chi connectivity index (χ0v) is 8.71. The molecule has 1 N–H and O–H groups in total. The summed E-state index contributed by atoms with van der Waals surface area (Å²) in [5, 5.41) is 8.69. The average molecular weight is 210 g/mol. The Labute approximate surface area is 84.3 Å². The van der Waals surface area contributed by atoms with E-state index in [0.717, 1.165) is 6.54 Å². The number of hydrogen-bond donors (Lipinski definition) is 1.